The number of hydrogen-bond acceptors (Lipinski definition) is 3. The van der Waals surface area contributed by atoms with Gasteiger partial charge in [-0.25, -0.2) is 15.0 Å². The summed E-state index contributed by atoms with van der Waals surface area (Å²) in [6.07, 6.45) is 5.41. The molecule has 2 aromatic rings. The van der Waals surface area contributed by atoms with Gasteiger partial charge in [0.1, 0.15) is 10.8 Å². The molecule has 0 saturated heterocycles. The summed E-state index contributed by atoms with van der Waals surface area (Å²) in [7, 11) is 1.91. The van der Waals surface area contributed by atoms with E-state index >= 15 is 0 Å². The summed E-state index contributed by atoms with van der Waals surface area (Å²) in [6, 6.07) is 1.81. The normalized spacial score (nSPS) is 10.7. The van der Waals surface area contributed by atoms with Crippen LogP contribution in [0.4, 0.5) is 0 Å². The Hall–Kier alpha value is -1.42. The lowest BCUT2D eigenvalue weighted by molar-refractivity contribution is 0.862. The van der Waals surface area contributed by atoms with E-state index in [4.69, 9.17) is 11.6 Å². The molecule has 0 bridgehead atoms. The predicted octanol–water partition coefficient (Wildman–Crippen LogP) is 2.48. The fourth-order valence-corrected chi connectivity index (χ4v) is 1.74. The summed E-state index contributed by atoms with van der Waals surface area (Å²) >= 11 is 5.97. The molecule has 5 heteroatoms. The maximum atomic E-state index is 5.97. The molecule has 2 aromatic heterocycles. The minimum atomic E-state index is 0.481. The van der Waals surface area contributed by atoms with Crippen LogP contribution in [0.25, 0.3) is 11.5 Å². The highest BCUT2D eigenvalue weighted by Gasteiger charge is 2.08. The van der Waals surface area contributed by atoms with Crippen LogP contribution < -0.4 is 0 Å². The Labute approximate surface area is 99.3 Å². The molecule has 4 nitrogen and oxygen atoms in total. The lowest BCUT2D eigenvalue weighted by Crippen LogP contribution is -1.99. The van der Waals surface area contributed by atoms with Crippen LogP contribution in [0.15, 0.2) is 18.6 Å². The van der Waals surface area contributed by atoms with Crippen molar-refractivity contribution in [1.82, 2.24) is 19.5 Å². The average Bonchev–Trinajstić information content (AvgIpc) is 2.64. The van der Waals surface area contributed by atoms with Gasteiger partial charge in [0, 0.05) is 12.7 Å². The van der Waals surface area contributed by atoms with Crippen molar-refractivity contribution in [1.29, 1.82) is 0 Å². The standard InChI is InChI=1S/C11H13ClN4/c1-3-4-8-5-10(12)15-11(14-8)9-6-13-7-16(9)2/h5-7H,3-4H2,1-2H3. The van der Waals surface area contributed by atoms with Gasteiger partial charge in [0.15, 0.2) is 5.82 Å². The van der Waals surface area contributed by atoms with Crippen LogP contribution in [0.3, 0.4) is 0 Å². The van der Waals surface area contributed by atoms with Crippen LogP contribution in [0.1, 0.15) is 19.0 Å². The SMILES string of the molecule is CCCc1cc(Cl)nc(-c2cncn2C)n1. The van der Waals surface area contributed by atoms with E-state index in [2.05, 4.69) is 21.9 Å². The van der Waals surface area contributed by atoms with Crippen LogP contribution in [0, 0.1) is 0 Å². The zero-order valence-electron chi connectivity index (χ0n) is 9.31. The number of nitrogens with zero attached hydrogens (tertiary/aromatic N) is 4. The zero-order valence-corrected chi connectivity index (χ0v) is 10.1. The van der Waals surface area contributed by atoms with E-state index in [0.717, 1.165) is 24.2 Å². The molecule has 0 aliphatic rings. The van der Waals surface area contributed by atoms with Crippen molar-refractivity contribution in [2.45, 2.75) is 19.8 Å². The maximum Gasteiger partial charge on any atom is 0.179 e. The van der Waals surface area contributed by atoms with Gasteiger partial charge >= 0.3 is 0 Å². The minimum absolute atomic E-state index is 0.481. The first kappa shape index (κ1) is 11.1. The number of halogens is 1. The van der Waals surface area contributed by atoms with E-state index in [1.165, 1.54) is 0 Å². The first-order chi connectivity index (χ1) is 7.70. The van der Waals surface area contributed by atoms with Crippen LogP contribution in [0.2, 0.25) is 5.15 Å². The average molecular weight is 237 g/mol. The molecule has 0 N–H and O–H groups in total. The van der Waals surface area contributed by atoms with Gasteiger partial charge in [-0.3, -0.25) is 0 Å². The van der Waals surface area contributed by atoms with Gasteiger partial charge < -0.3 is 4.57 Å². The highest BCUT2D eigenvalue weighted by atomic mass is 35.5. The van der Waals surface area contributed by atoms with Gasteiger partial charge in [-0.05, 0) is 12.5 Å². The number of imidazole rings is 1. The number of rotatable bonds is 3. The Morgan fingerprint density at radius 2 is 2.19 bits per heavy atom. The van der Waals surface area contributed by atoms with Gasteiger partial charge in [0.25, 0.3) is 0 Å². The van der Waals surface area contributed by atoms with Gasteiger partial charge in [-0.2, -0.15) is 0 Å². The van der Waals surface area contributed by atoms with Crippen LogP contribution in [0.5, 0.6) is 0 Å². The van der Waals surface area contributed by atoms with Crippen LogP contribution >= 0.6 is 11.6 Å². The van der Waals surface area contributed by atoms with E-state index in [0.29, 0.717) is 11.0 Å². The largest absolute Gasteiger partial charge is 0.331 e. The summed E-state index contributed by atoms with van der Waals surface area (Å²) in [4.78, 5) is 12.7. The van der Waals surface area contributed by atoms with Crippen molar-refractivity contribution in [3.8, 4) is 11.5 Å². The molecule has 16 heavy (non-hydrogen) atoms. The first-order valence-corrected chi connectivity index (χ1v) is 5.58. The monoisotopic (exact) mass is 236 g/mol. The fourth-order valence-electron chi connectivity index (χ4n) is 1.54. The molecule has 2 rings (SSSR count). The molecule has 0 aromatic carbocycles. The second kappa shape index (κ2) is 4.61. The third-order valence-electron chi connectivity index (χ3n) is 2.30. The lowest BCUT2D eigenvalue weighted by Gasteiger charge is -2.04. The highest BCUT2D eigenvalue weighted by molar-refractivity contribution is 6.29. The Morgan fingerprint density at radius 1 is 1.38 bits per heavy atom. The van der Waals surface area contributed by atoms with Crippen molar-refractivity contribution in [2.75, 3.05) is 0 Å². The summed E-state index contributed by atoms with van der Waals surface area (Å²) < 4.78 is 1.88. The third kappa shape index (κ3) is 2.22. The molecular formula is C11H13ClN4. The first-order valence-electron chi connectivity index (χ1n) is 5.21. The summed E-state index contributed by atoms with van der Waals surface area (Å²) in [5, 5.41) is 0.481. The lowest BCUT2D eigenvalue weighted by atomic mass is 10.2. The molecule has 0 saturated carbocycles. The predicted molar refractivity (Wildman–Crippen MR) is 63.2 cm³/mol. The van der Waals surface area contributed by atoms with E-state index in [1.807, 2.05) is 17.7 Å². The summed E-state index contributed by atoms with van der Waals surface area (Å²) in [5.74, 6) is 0.635. The Bertz CT molecular complexity index is 492. The Balaban J connectivity index is 2.45. The van der Waals surface area contributed by atoms with E-state index in [1.54, 1.807) is 12.5 Å². The van der Waals surface area contributed by atoms with E-state index in [9.17, 15) is 0 Å². The van der Waals surface area contributed by atoms with Gasteiger partial charge in [0.2, 0.25) is 0 Å². The summed E-state index contributed by atoms with van der Waals surface area (Å²) in [5.41, 5.74) is 1.85. The third-order valence-corrected chi connectivity index (χ3v) is 2.49. The number of aryl methyl sites for hydroxylation is 2. The van der Waals surface area contributed by atoms with Crippen molar-refractivity contribution >= 4 is 11.6 Å². The van der Waals surface area contributed by atoms with Crippen molar-refractivity contribution in [3.05, 3.63) is 29.4 Å². The molecule has 0 spiro atoms. The fraction of sp³-hybridized carbons (Fsp3) is 0.364. The minimum Gasteiger partial charge on any atom is -0.331 e. The molecule has 84 valence electrons. The molecule has 0 unspecified atom stereocenters. The molecule has 0 fully saturated rings. The second-order valence-corrected chi connectivity index (χ2v) is 4.03. The van der Waals surface area contributed by atoms with Crippen molar-refractivity contribution in [3.63, 3.8) is 0 Å². The maximum absolute atomic E-state index is 5.97. The molecule has 0 amide bonds. The molecule has 0 atom stereocenters. The van der Waals surface area contributed by atoms with Crippen molar-refractivity contribution < 1.29 is 0 Å². The number of hydrogen-bond donors (Lipinski definition) is 0. The van der Waals surface area contributed by atoms with E-state index in [-0.39, 0.29) is 0 Å². The zero-order chi connectivity index (χ0) is 11.5. The highest BCUT2D eigenvalue weighted by Crippen LogP contribution is 2.17. The van der Waals surface area contributed by atoms with Gasteiger partial charge in [-0.15, -0.1) is 0 Å². The van der Waals surface area contributed by atoms with Crippen molar-refractivity contribution in [2.24, 2.45) is 7.05 Å². The Kier molecular flexibility index (Phi) is 3.19. The van der Waals surface area contributed by atoms with E-state index < -0.39 is 0 Å². The molecule has 0 radical (unpaired) electrons. The smallest absolute Gasteiger partial charge is 0.179 e. The molecule has 0 aliphatic heterocycles. The number of aromatic nitrogens is 4. The quantitative estimate of drug-likeness (QED) is 0.769. The molecule has 2 heterocycles. The van der Waals surface area contributed by atoms with Crippen LogP contribution in [-0.4, -0.2) is 19.5 Å². The van der Waals surface area contributed by atoms with Crippen LogP contribution in [-0.2, 0) is 13.5 Å². The van der Waals surface area contributed by atoms with Gasteiger partial charge in [-0.1, -0.05) is 24.9 Å². The Morgan fingerprint density at radius 3 is 2.81 bits per heavy atom. The summed E-state index contributed by atoms with van der Waals surface area (Å²) in [6.45, 7) is 2.11. The topological polar surface area (TPSA) is 43.6 Å². The second-order valence-electron chi connectivity index (χ2n) is 3.65. The molecule has 0 aliphatic carbocycles. The molecular weight excluding hydrogens is 224 g/mol. The van der Waals surface area contributed by atoms with Gasteiger partial charge in [0.05, 0.1) is 12.5 Å².